The zero-order chi connectivity index (χ0) is 9.97. The van der Waals surface area contributed by atoms with Crippen molar-refractivity contribution in [2.75, 3.05) is 23.7 Å². The van der Waals surface area contributed by atoms with E-state index in [4.69, 9.17) is 5.73 Å². The van der Waals surface area contributed by atoms with Gasteiger partial charge in [0.05, 0.1) is 0 Å². The number of halogens is 1. The molecule has 2 nitrogen and oxygen atoms in total. The van der Waals surface area contributed by atoms with Crippen LogP contribution in [0, 0.1) is 5.92 Å². The van der Waals surface area contributed by atoms with Crippen molar-refractivity contribution in [3.05, 3.63) is 24.3 Å². The quantitative estimate of drug-likeness (QED) is 0.747. The Balaban J connectivity index is 0.00000112. The zero-order valence-electron chi connectivity index (χ0n) is 9.15. The van der Waals surface area contributed by atoms with Crippen LogP contribution in [-0.2, 0) is 0 Å². The van der Waals surface area contributed by atoms with E-state index in [1.54, 1.807) is 0 Å². The molecule has 1 fully saturated rings. The average molecular weight is 227 g/mol. The molecule has 84 valence electrons. The lowest BCUT2D eigenvalue weighted by molar-refractivity contribution is 0.438. The molecule has 0 amide bonds. The number of nitrogen functional groups attached to an aromatic ring is 1. The SMILES string of the molecule is CC1CCN(c2ccc(N)cc2)CC1.Cl. The summed E-state index contributed by atoms with van der Waals surface area (Å²) in [7, 11) is 0. The number of hydrogen-bond donors (Lipinski definition) is 1. The molecular formula is C12H19ClN2. The molecule has 1 heterocycles. The maximum absolute atomic E-state index is 5.66. The van der Waals surface area contributed by atoms with Crippen molar-refractivity contribution in [2.45, 2.75) is 19.8 Å². The molecule has 2 N–H and O–H groups in total. The molecule has 0 aliphatic carbocycles. The van der Waals surface area contributed by atoms with Crippen LogP contribution in [0.4, 0.5) is 11.4 Å². The second-order valence-corrected chi connectivity index (χ2v) is 4.26. The molecule has 3 heteroatoms. The van der Waals surface area contributed by atoms with Crippen LogP contribution >= 0.6 is 12.4 Å². The molecule has 15 heavy (non-hydrogen) atoms. The summed E-state index contributed by atoms with van der Waals surface area (Å²) < 4.78 is 0. The van der Waals surface area contributed by atoms with E-state index in [-0.39, 0.29) is 12.4 Å². The Kier molecular flexibility index (Phi) is 4.28. The minimum atomic E-state index is 0. The number of nitrogens with zero attached hydrogens (tertiary/aromatic N) is 1. The van der Waals surface area contributed by atoms with E-state index in [1.807, 2.05) is 12.1 Å². The molecule has 0 saturated carbocycles. The average Bonchev–Trinajstić information content (AvgIpc) is 2.21. The molecule has 0 aromatic heterocycles. The highest BCUT2D eigenvalue weighted by Gasteiger charge is 2.15. The van der Waals surface area contributed by atoms with Crippen molar-refractivity contribution in [3.8, 4) is 0 Å². The van der Waals surface area contributed by atoms with E-state index in [2.05, 4.69) is 24.0 Å². The van der Waals surface area contributed by atoms with Gasteiger partial charge in [0.1, 0.15) is 0 Å². The Labute approximate surface area is 97.9 Å². The van der Waals surface area contributed by atoms with Crippen LogP contribution in [0.1, 0.15) is 19.8 Å². The van der Waals surface area contributed by atoms with E-state index < -0.39 is 0 Å². The van der Waals surface area contributed by atoms with Crippen molar-refractivity contribution < 1.29 is 0 Å². The number of rotatable bonds is 1. The third kappa shape index (κ3) is 3.03. The van der Waals surface area contributed by atoms with Gasteiger partial charge in [0.2, 0.25) is 0 Å². The maximum atomic E-state index is 5.66. The van der Waals surface area contributed by atoms with Crippen molar-refractivity contribution in [1.29, 1.82) is 0 Å². The summed E-state index contributed by atoms with van der Waals surface area (Å²) in [5.74, 6) is 0.889. The Morgan fingerprint density at radius 1 is 1.13 bits per heavy atom. The normalized spacial score (nSPS) is 17.3. The van der Waals surface area contributed by atoms with Gasteiger partial charge < -0.3 is 10.6 Å². The summed E-state index contributed by atoms with van der Waals surface area (Å²) in [5.41, 5.74) is 7.82. The van der Waals surface area contributed by atoms with Crippen molar-refractivity contribution in [3.63, 3.8) is 0 Å². The number of nitrogens with two attached hydrogens (primary N) is 1. The first-order valence-electron chi connectivity index (χ1n) is 5.36. The summed E-state index contributed by atoms with van der Waals surface area (Å²) in [6.07, 6.45) is 2.62. The van der Waals surface area contributed by atoms with E-state index in [0.29, 0.717) is 0 Å². The van der Waals surface area contributed by atoms with Crippen LogP contribution in [0.2, 0.25) is 0 Å². The van der Waals surface area contributed by atoms with Crippen molar-refractivity contribution in [2.24, 2.45) is 5.92 Å². The van der Waals surface area contributed by atoms with Crippen LogP contribution in [-0.4, -0.2) is 13.1 Å². The third-order valence-corrected chi connectivity index (χ3v) is 3.04. The van der Waals surface area contributed by atoms with Gasteiger partial charge in [0.25, 0.3) is 0 Å². The summed E-state index contributed by atoms with van der Waals surface area (Å²) >= 11 is 0. The highest BCUT2D eigenvalue weighted by Crippen LogP contribution is 2.23. The Hall–Kier alpha value is -0.890. The number of anilines is 2. The number of benzene rings is 1. The van der Waals surface area contributed by atoms with Gasteiger partial charge in [-0.3, -0.25) is 0 Å². The lowest BCUT2D eigenvalue weighted by atomic mass is 9.99. The lowest BCUT2D eigenvalue weighted by Gasteiger charge is -2.32. The van der Waals surface area contributed by atoms with Crippen LogP contribution in [0.25, 0.3) is 0 Å². The van der Waals surface area contributed by atoms with E-state index in [1.165, 1.54) is 31.6 Å². The van der Waals surface area contributed by atoms with Crippen LogP contribution < -0.4 is 10.6 Å². The van der Waals surface area contributed by atoms with Gasteiger partial charge >= 0.3 is 0 Å². The van der Waals surface area contributed by atoms with Gasteiger partial charge in [-0.15, -0.1) is 12.4 Å². The van der Waals surface area contributed by atoms with Gasteiger partial charge in [0.15, 0.2) is 0 Å². The first-order valence-corrected chi connectivity index (χ1v) is 5.36. The predicted octanol–water partition coefficient (Wildman–Crippen LogP) is 2.93. The van der Waals surface area contributed by atoms with Gasteiger partial charge in [0, 0.05) is 24.5 Å². The van der Waals surface area contributed by atoms with Gasteiger partial charge in [-0.05, 0) is 43.0 Å². The number of piperidine rings is 1. The first-order chi connectivity index (χ1) is 6.75. The van der Waals surface area contributed by atoms with Crippen LogP contribution in [0.5, 0.6) is 0 Å². The molecule has 1 saturated heterocycles. The Morgan fingerprint density at radius 3 is 2.20 bits per heavy atom. The second kappa shape index (κ2) is 5.26. The van der Waals surface area contributed by atoms with E-state index >= 15 is 0 Å². The van der Waals surface area contributed by atoms with Gasteiger partial charge in [-0.25, -0.2) is 0 Å². The fraction of sp³-hybridized carbons (Fsp3) is 0.500. The molecule has 1 aliphatic rings. The molecule has 1 aromatic rings. The zero-order valence-corrected chi connectivity index (χ0v) is 9.96. The Bertz CT molecular complexity index is 289. The van der Waals surface area contributed by atoms with Crippen LogP contribution in [0.3, 0.4) is 0 Å². The van der Waals surface area contributed by atoms with Crippen LogP contribution in [0.15, 0.2) is 24.3 Å². The standard InChI is InChI=1S/C12H18N2.ClH/c1-10-6-8-14(9-7-10)12-4-2-11(13)3-5-12;/h2-5,10H,6-9,13H2,1H3;1H. The fourth-order valence-electron chi connectivity index (χ4n) is 1.95. The maximum Gasteiger partial charge on any atom is 0.0367 e. The summed E-state index contributed by atoms with van der Waals surface area (Å²) in [5, 5.41) is 0. The summed E-state index contributed by atoms with van der Waals surface area (Å²) in [6, 6.07) is 8.19. The molecular weight excluding hydrogens is 208 g/mol. The highest BCUT2D eigenvalue weighted by atomic mass is 35.5. The highest BCUT2D eigenvalue weighted by molar-refractivity contribution is 5.85. The molecule has 2 rings (SSSR count). The van der Waals surface area contributed by atoms with Crippen molar-refractivity contribution >= 4 is 23.8 Å². The second-order valence-electron chi connectivity index (χ2n) is 4.26. The van der Waals surface area contributed by atoms with Crippen molar-refractivity contribution in [1.82, 2.24) is 0 Å². The van der Waals surface area contributed by atoms with Gasteiger partial charge in [-0.2, -0.15) is 0 Å². The minimum Gasteiger partial charge on any atom is -0.399 e. The summed E-state index contributed by atoms with van der Waals surface area (Å²) in [6.45, 7) is 4.70. The topological polar surface area (TPSA) is 29.3 Å². The van der Waals surface area contributed by atoms with E-state index in [9.17, 15) is 0 Å². The molecule has 1 aliphatic heterocycles. The van der Waals surface area contributed by atoms with E-state index in [0.717, 1.165) is 11.6 Å². The molecule has 0 unspecified atom stereocenters. The largest absolute Gasteiger partial charge is 0.399 e. The summed E-state index contributed by atoms with van der Waals surface area (Å²) in [4.78, 5) is 2.44. The number of hydrogen-bond acceptors (Lipinski definition) is 2. The smallest absolute Gasteiger partial charge is 0.0367 e. The molecule has 0 spiro atoms. The Morgan fingerprint density at radius 2 is 1.67 bits per heavy atom. The molecule has 0 atom stereocenters. The molecule has 0 radical (unpaired) electrons. The lowest BCUT2D eigenvalue weighted by Crippen LogP contribution is -2.32. The monoisotopic (exact) mass is 226 g/mol. The molecule has 0 bridgehead atoms. The van der Waals surface area contributed by atoms with Gasteiger partial charge in [-0.1, -0.05) is 6.92 Å². The fourth-order valence-corrected chi connectivity index (χ4v) is 1.95. The third-order valence-electron chi connectivity index (χ3n) is 3.04. The predicted molar refractivity (Wildman–Crippen MR) is 68.7 cm³/mol. The molecule has 1 aromatic carbocycles. The first kappa shape index (κ1) is 12.2. The minimum absolute atomic E-state index is 0.